The number of benzene rings is 2. The molecule has 2 aromatic rings. The van der Waals surface area contributed by atoms with E-state index in [1.54, 1.807) is 0 Å². The van der Waals surface area contributed by atoms with E-state index in [2.05, 4.69) is 5.32 Å². The van der Waals surface area contributed by atoms with Crippen molar-refractivity contribution >= 4 is 27.5 Å². The number of primary amides is 1. The molecule has 148 valence electrons. The van der Waals surface area contributed by atoms with Crippen molar-refractivity contribution in [2.45, 2.75) is 4.90 Å². The maximum Gasteiger partial charge on any atom is 0.255 e. The molecule has 1 fully saturated rings. The molecule has 10 heteroatoms. The lowest BCUT2D eigenvalue weighted by Crippen LogP contribution is -2.41. The van der Waals surface area contributed by atoms with Crippen molar-refractivity contribution in [2.24, 2.45) is 5.73 Å². The normalized spacial score (nSPS) is 15.2. The Morgan fingerprint density at radius 2 is 1.64 bits per heavy atom. The highest BCUT2D eigenvalue weighted by Gasteiger charge is 2.29. The van der Waals surface area contributed by atoms with Crippen LogP contribution in [-0.2, 0) is 14.8 Å². The van der Waals surface area contributed by atoms with Gasteiger partial charge in [-0.15, -0.1) is 0 Å². The fourth-order valence-electron chi connectivity index (χ4n) is 2.69. The van der Waals surface area contributed by atoms with Gasteiger partial charge in [-0.05, 0) is 42.5 Å². The molecule has 1 saturated heterocycles. The molecule has 0 bridgehead atoms. The van der Waals surface area contributed by atoms with E-state index in [1.807, 2.05) is 0 Å². The number of carbonyl (C=O) groups is 2. The van der Waals surface area contributed by atoms with Crippen LogP contribution in [0.15, 0.2) is 47.4 Å². The summed E-state index contributed by atoms with van der Waals surface area (Å²) in [4.78, 5) is 23.0. The summed E-state index contributed by atoms with van der Waals surface area (Å²) in [6.45, 7) is 0.680. The summed E-state index contributed by atoms with van der Waals surface area (Å²) in [5.74, 6) is -2.16. The Labute approximate surface area is 161 Å². The minimum Gasteiger partial charge on any atom is -0.379 e. The van der Waals surface area contributed by atoms with Gasteiger partial charge in [0.05, 0.1) is 13.2 Å². The van der Waals surface area contributed by atoms with Crippen LogP contribution in [0.4, 0.5) is 10.1 Å². The van der Waals surface area contributed by atoms with Crippen molar-refractivity contribution in [1.29, 1.82) is 0 Å². The molecule has 0 unspecified atom stereocenters. The Balaban J connectivity index is 1.83. The molecule has 2 amide bonds. The van der Waals surface area contributed by atoms with E-state index in [9.17, 15) is 22.4 Å². The predicted octanol–water partition coefficient (Wildman–Crippen LogP) is 1.20. The maximum absolute atomic E-state index is 14.2. The molecular weight excluding hydrogens is 389 g/mol. The van der Waals surface area contributed by atoms with Crippen molar-refractivity contribution in [2.75, 3.05) is 31.6 Å². The van der Waals surface area contributed by atoms with E-state index >= 15 is 0 Å². The van der Waals surface area contributed by atoms with Gasteiger partial charge in [-0.25, -0.2) is 12.8 Å². The highest BCUT2D eigenvalue weighted by molar-refractivity contribution is 7.89. The molecule has 3 rings (SSSR count). The van der Waals surface area contributed by atoms with E-state index < -0.39 is 32.6 Å². The number of ether oxygens (including phenoxy) is 1. The number of carbonyl (C=O) groups excluding carboxylic acids is 2. The number of amides is 2. The lowest BCUT2D eigenvalue weighted by Gasteiger charge is -2.26. The second-order valence-corrected chi connectivity index (χ2v) is 7.96. The van der Waals surface area contributed by atoms with Crippen molar-refractivity contribution in [3.63, 3.8) is 0 Å². The van der Waals surface area contributed by atoms with Gasteiger partial charge in [0.15, 0.2) is 0 Å². The van der Waals surface area contributed by atoms with E-state index in [4.69, 9.17) is 10.5 Å². The molecule has 0 radical (unpaired) electrons. The molecule has 0 aromatic heterocycles. The number of hydrogen-bond donors (Lipinski definition) is 2. The molecule has 28 heavy (non-hydrogen) atoms. The third-order valence-corrected chi connectivity index (χ3v) is 6.12. The lowest BCUT2D eigenvalue weighted by atomic mass is 10.1. The fraction of sp³-hybridized carbons (Fsp3) is 0.222. The molecule has 1 aliphatic rings. The molecule has 2 aromatic carbocycles. The standard InChI is InChI=1S/C18H18FN3O5S/c19-15-6-3-13(11-16(15)28(25,26)22-7-9-27-10-8-22)18(24)21-14-4-1-12(2-5-14)17(20)23/h1-6,11H,7-10H2,(H2,20,23)(H,21,24). The summed E-state index contributed by atoms with van der Waals surface area (Å²) in [6.07, 6.45) is 0. The molecule has 0 aliphatic carbocycles. The van der Waals surface area contributed by atoms with Crippen LogP contribution in [-0.4, -0.2) is 50.8 Å². The summed E-state index contributed by atoms with van der Waals surface area (Å²) in [6, 6.07) is 8.99. The highest BCUT2D eigenvalue weighted by atomic mass is 32.2. The van der Waals surface area contributed by atoms with Gasteiger partial charge < -0.3 is 15.8 Å². The van der Waals surface area contributed by atoms with Crippen LogP contribution < -0.4 is 11.1 Å². The minimum absolute atomic E-state index is 0.0211. The van der Waals surface area contributed by atoms with E-state index in [0.717, 1.165) is 16.4 Å². The van der Waals surface area contributed by atoms with E-state index in [0.29, 0.717) is 5.69 Å². The van der Waals surface area contributed by atoms with Gasteiger partial charge in [-0.1, -0.05) is 0 Å². The van der Waals surface area contributed by atoms with Gasteiger partial charge in [-0.3, -0.25) is 9.59 Å². The Hall–Kier alpha value is -2.82. The number of nitrogens with zero attached hydrogens (tertiary/aromatic N) is 1. The number of nitrogens with one attached hydrogen (secondary N) is 1. The lowest BCUT2D eigenvalue weighted by molar-refractivity contribution is 0.0729. The van der Waals surface area contributed by atoms with Crippen molar-refractivity contribution < 1.29 is 27.1 Å². The number of anilines is 1. The first kappa shape index (κ1) is 19.9. The topological polar surface area (TPSA) is 119 Å². The van der Waals surface area contributed by atoms with Gasteiger partial charge in [0, 0.05) is 29.9 Å². The third-order valence-electron chi connectivity index (χ3n) is 4.21. The molecule has 1 aliphatic heterocycles. The quantitative estimate of drug-likeness (QED) is 0.772. The van der Waals surface area contributed by atoms with Crippen LogP contribution in [0, 0.1) is 5.82 Å². The SMILES string of the molecule is NC(=O)c1ccc(NC(=O)c2ccc(F)c(S(=O)(=O)N3CCOCC3)c2)cc1. The van der Waals surface area contributed by atoms with Crippen LogP contribution in [0.2, 0.25) is 0 Å². The van der Waals surface area contributed by atoms with E-state index in [1.165, 1.54) is 30.3 Å². The van der Waals surface area contributed by atoms with Crippen molar-refractivity contribution in [3.05, 3.63) is 59.4 Å². The van der Waals surface area contributed by atoms with Crippen LogP contribution in [0.5, 0.6) is 0 Å². The summed E-state index contributed by atoms with van der Waals surface area (Å²) in [5, 5.41) is 2.56. The first-order valence-corrected chi connectivity index (χ1v) is 9.82. The van der Waals surface area contributed by atoms with Crippen LogP contribution in [0.1, 0.15) is 20.7 Å². The monoisotopic (exact) mass is 407 g/mol. The number of sulfonamides is 1. The molecule has 0 saturated carbocycles. The predicted molar refractivity (Wildman–Crippen MR) is 98.9 cm³/mol. The maximum atomic E-state index is 14.2. The summed E-state index contributed by atoms with van der Waals surface area (Å²) in [7, 11) is -4.09. The van der Waals surface area contributed by atoms with Gasteiger partial charge in [-0.2, -0.15) is 4.31 Å². The highest BCUT2D eigenvalue weighted by Crippen LogP contribution is 2.22. The first-order chi connectivity index (χ1) is 13.3. The number of nitrogens with two attached hydrogens (primary N) is 1. The minimum atomic E-state index is -4.09. The third kappa shape index (κ3) is 4.19. The Morgan fingerprint density at radius 1 is 1.04 bits per heavy atom. The molecular formula is C18H18FN3O5S. The largest absolute Gasteiger partial charge is 0.379 e. The first-order valence-electron chi connectivity index (χ1n) is 8.38. The molecule has 0 spiro atoms. The van der Waals surface area contributed by atoms with Crippen molar-refractivity contribution in [1.82, 2.24) is 4.31 Å². The molecule has 3 N–H and O–H groups in total. The van der Waals surface area contributed by atoms with Gasteiger partial charge in [0.25, 0.3) is 5.91 Å². The zero-order chi connectivity index (χ0) is 20.3. The fourth-order valence-corrected chi connectivity index (χ4v) is 4.19. The number of halogens is 1. The Kier molecular flexibility index (Phi) is 5.73. The number of morpholine rings is 1. The second kappa shape index (κ2) is 8.05. The average molecular weight is 407 g/mol. The van der Waals surface area contributed by atoms with Gasteiger partial charge >= 0.3 is 0 Å². The number of hydrogen-bond acceptors (Lipinski definition) is 5. The molecule has 0 atom stereocenters. The van der Waals surface area contributed by atoms with Crippen LogP contribution in [0.3, 0.4) is 0 Å². The van der Waals surface area contributed by atoms with Crippen LogP contribution >= 0.6 is 0 Å². The zero-order valence-electron chi connectivity index (χ0n) is 14.7. The van der Waals surface area contributed by atoms with Crippen LogP contribution in [0.25, 0.3) is 0 Å². The van der Waals surface area contributed by atoms with E-state index in [-0.39, 0.29) is 37.4 Å². The Bertz CT molecular complexity index is 1000. The molecule has 1 heterocycles. The summed E-state index contributed by atoms with van der Waals surface area (Å²) >= 11 is 0. The smallest absolute Gasteiger partial charge is 0.255 e. The molecule has 8 nitrogen and oxygen atoms in total. The Morgan fingerprint density at radius 3 is 2.25 bits per heavy atom. The van der Waals surface area contributed by atoms with Crippen molar-refractivity contribution in [3.8, 4) is 0 Å². The average Bonchev–Trinajstić information content (AvgIpc) is 2.69. The summed E-state index contributed by atoms with van der Waals surface area (Å²) < 4.78 is 45.9. The number of rotatable bonds is 5. The zero-order valence-corrected chi connectivity index (χ0v) is 15.5. The second-order valence-electron chi connectivity index (χ2n) is 6.06. The van der Waals surface area contributed by atoms with Gasteiger partial charge in [0.2, 0.25) is 15.9 Å². The van der Waals surface area contributed by atoms with Gasteiger partial charge in [0.1, 0.15) is 10.7 Å². The summed E-state index contributed by atoms with van der Waals surface area (Å²) in [5.41, 5.74) is 5.79.